The van der Waals surface area contributed by atoms with E-state index in [0.717, 1.165) is 51.4 Å². The summed E-state index contributed by atoms with van der Waals surface area (Å²) in [6.45, 7) is 4.90. The molecular formula is C23H29N3O2. The zero-order valence-electron chi connectivity index (χ0n) is 16.6. The summed E-state index contributed by atoms with van der Waals surface area (Å²) in [5, 5.41) is 12.3. The van der Waals surface area contributed by atoms with Gasteiger partial charge in [-0.3, -0.25) is 4.90 Å². The predicted octanol–water partition coefficient (Wildman–Crippen LogP) is 3.34. The smallest absolute Gasteiger partial charge is 0.119 e. The van der Waals surface area contributed by atoms with Crippen LogP contribution < -0.4 is 10.1 Å². The van der Waals surface area contributed by atoms with E-state index in [9.17, 15) is 0 Å². The van der Waals surface area contributed by atoms with Crippen molar-refractivity contribution in [2.75, 3.05) is 33.4 Å². The average Bonchev–Trinajstić information content (AvgIpc) is 2.75. The Morgan fingerprint density at radius 1 is 1.11 bits per heavy atom. The molecule has 1 saturated heterocycles. The molecule has 1 fully saturated rings. The Bertz CT molecular complexity index is 764. The van der Waals surface area contributed by atoms with Crippen molar-refractivity contribution in [1.29, 1.82) is 5.26 Å². The van der Waals surface area contributed by atoms with Gasteiger partial charge in [0.15, 0.2) is 0 Å². The zero-order chi connectivity index (χ0) is 19.6. The Labute approximate surface area is 167 Å². The normalized spacial score (nSPS) is 14.8. The molecule has 1 heterocycles. The minimum absolute atomic E-state index is 0.607. The lowest BCUT2D eigenvalue weighted by Gasteiger charge is -2.31. The summed E-state index contributed by atoms with van der Waals surface area (Å²) < 4.78 is 11.4. The zero-order valence-corrected chi connectivity index (χ0v) is 16.6. The number of nitrogens with one attached hydrogen (secondary N) is 1. The van der Waals surface area contributed by atoms with Crippen molar-refractivity contribution < 1.29 is 9.47 Å². The monoisotopic (exact) mass is 379 g/mol. The number of nitriles is 1. The van der Waals surface area contributed by atoms with Crippen molar-refractivity contribution in [1.82, 2.24) is 10.2 Å². The van der Waals surface area contributed by atoms with Gasteiger partial charge in [-0.2, -0.15) is 5.26 Å². The number of ether oxygens (including phenoxy) is 2. The van der Waals surface area contributed by atoms with Crippen molar-refractivity contribution in [3.8, 4) is 11.8 Å². The van der Waals surface area contributed by atoms with Crippen LogP contribution in [0.1, 0.15) is 29.5 Å². The van der Waals surface area contributed by atoms with E-state index in [-0.39, 0.29) is 0 Å². The third kappa shape index (κ3) is 6.35. The number of hydrogen-bond donors (Lipinski definition) is 1. The van der Waals surface area contributed by atoms with Crippen LogP contribution in [-0.2, 0) is 17.8 Å². The standard InChI is InChI=1S/C23H29N3O2/c1-26(22-9-12-27-13-10-22)11-14-28-23-4-2-3-21(15-23)18-25-17-20-7-5-19(16-24)6-8-20/h2-8,15,22,25H,9-14,17-18H2,1H3. The fourth-order valence-electron chi connectivity index (χ4n) is 3.41. The summed E-state index contributed by atoms with van der Waals surface area (Å²) in [5.74, 6) is 0.915. The minimum Gasteiger partial charge on any atom is -0.492 e. The largest absolute Gasteiger partial charge is 0.492 e. The molecule has 0 amide bonds. The van der Waals surface area contributed by atoms with E-state index in [1.807, 2.05) is 36.4 Å². The van der Waals surface area contributed by atoms with Crippen LogP contribution in [-0.4, -0.2) is 44.4 Å². The highest BCUT2D eigenvalue weighted by molar-refractivity contribution is 5.32. The molecule has 0 unspecified atom stereocenters. The minimum atomic E-state index is 0.607. The molecule has 1 N–H and O–H groups in total. The summed E-state index contributed by atoms with van der Waals surface area (Å²) in [6, 6.07) is 18.7. The third-order valence-corrected chi connectivity index (χ3v) is 5.17. The highest BCUT2D eigenvalue weighted by Gasteiger charge is 2.17. The van der Waals surface area contributed by atoms with Gasteiger partial charge in [-0.25, -0.2) is 0 Å². The first-order valence-electron chi connectivity index (χ1n) is 9.94. The Hall–Kier alpha value is -2.39. The Morgan fingerprint density at radius 3 is 2.61 bits per heavy atom. The maximum Gasteiger partial charge on any atom is 0.119 e. The van der Waals surface area contributed by atoms with Crippen molar-refractivity contribution in [3.05, 3.63) is 65.2 Å². The van der Waals surface area contributed by atoms with Crippen LogP contribution >= 0.6 is 0 Å². The number of likely N-dealkylation sites (N-methyl/N-ethyl adjacent to an activating group) is 1. The van der Waals surface area contributed by atoms with Crippen molar-refractivity contribution >= 4 is 0 Å². The summed E-state index contributed by atoms with van der Waals surface area (Å²) in [5.41, 5.74) is 3.06. The second-order valence-electron chi connectivity index (χ2n) is 7.23. The topological polar surface area (TPSA) is 57.5 Å². The van der Waals surface area contributed by atoms with Crippen LogP contribution in [0, 0.1) is 11.3 Å². The van der Waals surface area contributed by atoms with E-state index in [0.29, 0.717) is 18.2 Å². The van der Waals surface area contributed by atoms with Crippen molar-refractivity contribution in [2.24, 2.45) is 0 Å². The number of benzene rings is 2. The molecule has 3 rings (SSSR count). The molecule has 0 aromatic heterocycles. The molecule has 28 heavy (non-hydrogen) atoms. The van der Waals surface area contributed by atoms with Gasteiger partial charge in [0, 0.05) is 38.9 Å². The molecule has 0 spiro atoms. The van der Waals surface area contributed by atoms with Crippen LogP contribution in [0.15, 0.2) is 48.5 Å². The molecule has 0 aliphatic carbocycles. The summed E-state index contributed by atoms with van der Waals surface area (Å²) >= 11 is 0. The molecule has 0 radical (unpaired) electrons. The van der Waals surface area contributed by atoms with Crippen molar-refractivity contribution in [3.63, 3.8) is 0 Å². The molecule has 148 valence electrons. The highest BCUT2D eigenvalue weighted by Crippen LogP contribution is 2.15. The van der Waals surface area contributed by atoms with Crippen LogP contribution in [0.2, 0.25) is 0 Å². The second kappa shape index (κ2) is 10.8. The molecule has 0 bridgehead atoms. The Kier molecular flexibility index (Phi) is 7.86. The fraction of sp³-hybridized carbons (Fsp3) is 0.435. The molecule has 5 nitrogen and oxygen atoms in total. The van der Waals surface area contributed by atoms with Gasteiger partial charge in [0.05, 0.1) is 11.6 Å². The van der Waals surface area contributed by atoms with E-state index in [2.05, 4.69) is 35.5 Å². The predicted molar refractivity (Wildman–Crippen MR) is 110 cm³/mol. The van der Waals surface area contributed by atoms with Crippen LogP contribution in [0.5, 0.6) is 5.75 Å². The molecule has 2 aromatic rings. The maximum absolute atomic E-state index is 8.85. The number of hydrogen-bond acceptors (Lipinski definition) is 5. The summed E-state index contributed by atoms with van der Waals surface area (Å²) in [4.78, 5) is 2.38. The van der Waals surface area contributed by atoms with E-state index in [1.54, 1.807) is 0 Å². The van der Waals surface area contributed by atoms with Gasteiger partial charge in [0.2, 0.25) is 0 Å². The van der Waals surface area contributed by atoms with Gasteiger partial charge < -0.3 is 14.8 Å². The fourth-order valence-corrected chi connectivity index (χ4v) is 3.41. The first kappa shape index (κ1) is 20.3. The van der Waals surface area contributed by atoms with Gasteiger partial charge in [0.1, 0.15) is 12.4 Å². The van der Waals surface area contributed by atoms with Crippen LogP contribution in [0.3, 0.4) is 0 Å². The molecule has 0 atom stereocenters. The van der Waals surface area contributed by atoms with E-state index in [1.165, 1.54) is 11.1 Å². The molecule has 0 saturated carbocycles. The van der Waals surface area contributed by atoms with Crippen LogP contribution in [0.25, 0.3) is 0 Å². The number of nitrogens with zero attached hydrogens (tertiary/aromatic N) is 2. The van der Waals surface area contributed by atoms with E-state index < -0.39 is 0 Å². The Balaban J connectivity index is 1.40. The van der Waals surface area contributed by atoms with Gasteiger partial charge in [-0.05, 0) is 55.3 Å². The average molecular weight is 380 g/mol. The maximum atomic E-state index is 8.85. The van der Waals surface area contributed by atoms with Crippen LogP contribution in [0.4, 0.5) is 0 Å². The molecular weight excluding hydrogens is 350 g/mol. The van der Waals surface area contributed by atoms with Gasteiger partial charge in [-0.15, -0.1) is 0 Å². The molecule has 5 heteroatoms. The molecule has 1 aliphatic heterocycles. The number of rotatable bonds is 9. The lowest BCUT2D eigenvalue weighted by atomic mass is 10.1. The first-order valence-corrected chi connectivity index (χ1v) is 9.94. The highest BCUT2D eigenvalue weighted by atomic mass is 16.5. The van der Waals surface area contributed by atoms with E-state index in [4.69, 9.17) is 14.7 Å². The van der Waals surface area contributed by atoms with Gasteiger partial charge in [0.25, 0.3) is 0 Å². The van der Waals surface area contributed by atoms with Gasteiger partial charge >= 0.3 is 0 Å². The lowest BCUT2D eigenvalue weighted by molar-refractivity contribution is 0.0392. The molecule has 1 aliphatic rings. The first-order chi connectivity index (χ1) is 13.7. The van der Waals surface area contributed by atoms with Gasteiger partial charge in [-0.1, -0.05) is 24.3 Å². The third-order valence-electron chi connectivity index (χ3n) is 5.17. The quantitative estimate of drug-likeness (QED) is 0.724. The van der Waals surface area contributed by atoms with E-state index >= 15 is 0 Å². The summed E-state index contributed by atoms with van der Waals surface area (Å²) in [7, 11) is 2.17. The second-order valence-corrected chi connectivity index (χ2v) is 7.23. The SMILES string of the molecule is CN(CCOc1cccc(CNCc2ccc(C#N)cc2)c1)C1CCOCC1. The Morgan fingerprint density at radius 2 is 1.86 bits per heavy atom. The van der Waals surface area contributed by atoms with Crippen molar-refractivity contribution in [2.45, 2.75) is 32.0 Å². The molecule has 2 aromatic carbocycles. The summed E-state index contributed by atoms with van der Waals surface area (Å²) in [6.07, 6.45) is 2.22. The lowest BCUT2D eigenvalue weighted by Crippen LogP contribution is -2.38.